The quantitative estimate of drug-likeness (QED) is 0.834. The van der Waals surface area contributed by atoms with Crippen LogP contribution in [0.4, 0.5) is 11.9 Å². The molecule has 1 saturated heterocycles. The van der Waals surface area contributed by atoms with Crippen LogP contribution in [0.25, 0.3) is 5.95 Å². The summed E-state index contributed by atoms with van der Waals surface area (Å²) in [4.78, 5) is 16.4. The third-order valence-corrected chi connectivity index (χ3v) is 3.29. The van der Waals surface area contributed by atoms with Gasteiger partial charge in [-0.1, -0.05) is 0 Å². The molecule has 1 fully saturated rings. The van der Waals surface area contributed by atoms with E-state index in [9.17, 15) is 0 Å². The Balaban J connectivity index is 1.79. The average Bonchev–Trinajstić information content (AvgIpc) is 2.90. The molecule has 3 rings (SSSR count). The summed E-state index contributed by atoms with van der Waals surface area (Å²) >= 11 is 0. The molecule has 112 valence electrons. The van der Waals surface area contributed by atoms with E-state index in [1.54, 1.807) is 0 Å². The lowest BCUT2D eigenvalue weighted by Gasteiger charge is -2.35. The number of aromatic nitrogens is 6. The van der Waals surface area contributed by atoms with Crippen LogP contribution in [-0.4, -0.2) is 48.0 Å². The van der Waals surface area contributed by atoms with E-state index in [0.717, 1.165) is 12.8 Å². The molecule has 2 aromatic heterocycles. The first kappa shape index (κ1) is 13.7. The average molecular weight is 290 g/mol. The van der Waals surface area contributed by atoms with Gasteiger partial charge in [0.25, 0.3) is 5.95 Å². The van der Waals surface area contributed by atoms with Gasteiger partial charge in [0.15, 0.2) is 0 Å². The number of nitrogens with one attached hydrogen (secondary N) is 1. The fraction of sp³-hybridized carbons (Fsp3) is 0.583. The molecule has 3 heterocycles. The lowest BCUT2D eigenvalue weighted by molar-refractivity contribution is -0.0553. The Bertz CT molecular complexity index is 612. The number of nitrogens with two attached hydrogens (primary N) is 1. The van der Waals surface area contributed by atoms with Gasteiger partial charge in [0.1, 0.15) is 12.7 Å². The van der Waals surface area contributed by atoms with Gasteiger partial charge in [-0.3, -0.25) is 0 Å². The van der Waals surface area contributed by atoms with Crippen LogP contribution in [0.2, 0.25) is 0 Å². The minimum absolute atomic E-state index is 0.143. The van der Waals surface area contributed by atoms with Crippen molar-refractivity contribution in [3.63, 3.8) is 0 Å². The largest absolute Gasteiger partial charge is 0.375 e. The summed E-state index contributed by atoms with van der Waals surface area (Å²) in [7, 11) is 0. The molecule has 9 nitrogen and oxygen atoms in total. The van der Waals surface area contributed by atoms with Crippen molar-refractivity contribution in [1.82, 2.24) is 29.7 Å². The van der Waals surface area contributed by atoms with Crippen LogP contribution in [-0.2, 0) is 4.74 Å². The van der Waals surface area contributed by atoms with E-state index >= 15 is 0 Å². The topological polar surface area (TPSA) is 117 Å². The van der Waals surface area contributed by atoms with Gasteiger partial charge in [-0.2, -0.15) is 24.7 Å². The van der Waals surface area contributed by atoms with Gasteiger partial charge >= 0.3 is 0 Å². The maximum Gasteiger partial charge on any atom is 0.258 e. The van der Waals surface area contributed by atoms with Crippen molar-refractivity contribution in [2.45, 2.75) is 38.3 Å². The summed E-state index contributed by atoms with van der Waals surface area (Å²) in [6.45, 7) is 4.86. The smallest absolute Gasteiger partial charge is 0.258 e. The first-order valence-corrected chi connectivity index (χ1v) is 6.79. The first-order valence-electron chi connectivity index (χ1n) is 6.79. The molecular weight excluding hydrogens is 272 g/mol. The van der Waals surface area contributed by atoms with Gasteiger partial charge in [-0.05, 0) is 26.7 Å². The van der Waals surface area contributed by atoms with Crippen LogP contribution >= 0.6 is 0 Å². The van der Waals surface area contributed by atoms with E-state index in [-0.39, 0.29) is 17.6 Å². The minimum atomic E-state index is -0.150. The molecule has 21 heavy (non-hydrogen) atoms. The Kier molecular flexibility index (Phi) is 3.42. The van der Waals surface area contributed by atoms with E-state index in [4.69, 9.17) is 10.5 Å². The zero-order chi connectivity index (χ0) is 14.9. The minimum Gasteiger partial charge on any atom is -0.375 e. The first-order chi connectivity index (χ1) is 10.0. The molecule has 0 aliphatic carbocycles. The van der Waals surface area contributed by atoms with Crippen LogP contribution in [0.5, 0.6) is 0 Å². The summed E-state index contributed by atoms with van der Waals surface area (Å²) in [5.41, 5.74) is 5.59. The number of nitrogens with zero attached hydrogens (tertiary/aromatic N) is 6. The Labute approximate surface area is 122 Å². The molecule has 0 radical (unpaired) electrons. The normalized spacial score (nSPS) is 21.1. The van der Waals surface area contributed by atoms with Gasteiger partial charge in [-0.15, -0.1) is 0 Å². The summed E-state index contributed by atoms with van der Waals surface area (Å²) in [5.74, 6) is 0.925. The van der Waals surface area contributed by atoms with Crippen LogP contribution in [0.15, 0.2) is 12.7 Å². The third kappa shape index (κ3) is 3.24. The second-order valence-electron chi connectivity index (χ2n) is 5.60. The lowest BCUT2D eigenvalue weighted by atomic mass is 9.94. The van der Waals surface area contributed by atoms with E-state index in [2.05, 4.69) is 44.2 Å². The van der Waals surface area contributed by atoms with Crippen molar-refractivity contribution in [1.29, 1.82) is 0 Å². The molecule has 1 unspecified atom stereocenters. The van der Waals surface area contributed by atoms with Crippen LogP contribution < -0.4 is 11.1 Å². The second kappa shape index (κ2) is 5.24. The Morgan fingerprint density at radius 3 is 2.95 bits per heavy atom. The maximum atomic E-state index is 5.74. The van der Waals surface area contributed by atoms with E-state index in [1.165, 1.54) is 17.3 Å². The maximum absolute atomic E-state index is 5.74. The van der Waals surface area contributed by atoms with Gasteiger partial charge in [0, 0.05) is 12.6 Å². The second-order valence-corrected chi connectivity index (χ2v) is 5.60. The monoisotopic (exact) mass is 290 g/mol. The van der Waals surface area contributed by atoms with Crippen molar-refractivity contribution >= 4 is 11.9 Å². The number of hydrogen-bond acceptors (Lipinski definition) is 8. The lowest BCUT2D eigenvalue weighted by Crippen LogP contribution is -2.40. The molecular formula is C12H18N8O. The third-order valence-electron chi connectivity index (χ3n) is 3.29. The highest BCUT2D eigenvalue weighted by Crippen LogP contribution is 2.25. The summed E-state index contributed by atoms with van der Waals surface area (Å²) in [6.07, 6.45) is 4.69. The summed E-state index contributed by atoms with van der Waals surface area (Å²) < 4.78 is 7.14. The fourth-order valence-corrected chi connectivity index (χ4v) is 2.40. The fourth-order valence-electron chi connectivity index (χ4n) is 2.40. The molecule has 0 aromatic carbocycles. The number of rotatable bonds is 3. The van der Waals surface area contributed by atoms with E-state index < -0.39 is 0 Å². The van der Waals surface area contributed by atoms with Crippen molar-refractivity contribution in [3.05, 3.63) is 12.7 Å². The molecule has 1 atom stereocenters. The van der Waals surface area contributed by atoms with E-state index in [0.29, 0.717) is 18.5 Å². The summed E-state index contributed by atoms with van der Waals surface area (Å²) in [6, 6.07) is 0.235. The SMILES string of the molecule is CC1(C)CC(Nc2nc(N)nc(-n3cncn3)n2)CCO1. The number of nitrogen functional groups attached to an aromatic ring is 1. The molecule has 1 aliphatic rings. The highest BCUT2D eigenvalue weighted by atomic mass is 16.5. The molecule has 0 saturated carbocycles. The highest BCUT2D eigenvalue weighted by Gasteiger charge is 2.29. The number of anilines is 2. The number of hydrogen-bond donors (Lipinski definition) is 2. The molecule has 2 aromatic rings. The number of ether oxygens (including phenoxy) is 1. The zero-order valence-corrected chi connectivity index (χ0v) is 12.0. The standard InChI is InChI=1S/C12H18N8O/c1-12(2)5-8(3-4-21-12)16-10-17-9(13)18-11(19-10)20-7-14-6-15-20/h6-8H,3-5H2,1-2H3,(H3,13,16,17,18,19). The van der Waals surface area contributed by atoms with Crippen LogP contribution in [0, 0.1) is 0 Å². The predicted octanol–water partition coefficient (Wildman–Crippen LogP) is 0.404. The van der Waals surface area contributed by atoms with Crippen molar-refractivity contribution in [2.75, 3.05) is 17.7 Å². The molecule has 3 N–H and O–H groups in total. The van der Waals surface area contributed by atoms with Crippen molar-refractivity contribution < 1.29 is 4.74 Å². The molecule has 9 heteroatoms. The Hall–Kier alpha value is -2.29. The highest BCUT2D eigenvalue weighted by molar-refractivity contribution is 5.35. The van der Waals surface area contributed by atoms with Crippen LogP contribution in [0.3, 0.4) is 0 Å². The van der Waals surface area contributed by atoms with E-state index in [1.807, 2.05) is 0 Å². The van der Waals surface area contributed by atoms with Gasteiger partial charge in [-0.25, -0.2) is 4.98 Å². The molecule has 1 aliphatic heterocycles. The summed E-state index contributed by atoms with van der Waals surface area (Å²) in [5, 5.41) is 7.28. The van der Waals surface area contributed by atoms with Crippen LogP contribution in [0.1, 0.15) is 26.7 Å². The molecule has 0 amide bonds. The van der Waals surface area contributed by atoms with Gasteiger partial charge < -0.3 is 15.8 Å². The Morgan fingerprint density at radius 1 is 1.38 bits per heavy atom. The molecule has 0 bridgehead atoms. The van der Waals surface area contributed by atoms with Gasteiger partial charge in [0.2, 0.25) is 11.9 Å². The van der Waals surface area contributed by atoms with Gasteiger partial charge in [0.05, 0.1) is 5.60 Å². The van der Waals surface area contributed by atoms with Crippen molar-refractivity contribution in [2.24, 2.45) is 0 Å². The Morgan fingerprint density at radius 2 is 2.24 bits per heavy atom. The van der Waals surface area contributed by atoms with Crippen molar-refractivity contribution in [3.8, 4) is 5.95 Å². The zero-order valence-electron chi connectivity index (χ0n) is 12.0. The predicted molar refractivity (Wildman–Crippen MR) is 75.8 cm³/mol. The molecule has 0 spiro atoms.